The maximum atomic E-state index is 12.4. The average Bonchev–Trinajstić information content (AvgIpc) is 2.76. The number of amides is 1. The Balaban J connectivity index is 2.39. The summed E-state index contributed by atoms with van der Waals surface area (Å²) >= 11 is 3.26. The van der Waals surface area contributed by atoms with Gasteiger partial charge in [-0.25, -0.2) is 19.7 Å². The zero-order chi connectivity index (χ0) is 15.6. The Labute approximate surface area is 131 Å². The number of anilines is 2. The molecule has 0 spiro atoms. The highest BCUT2D eigenvalue weighted by Crippen LogP contribution is 2.24. The minimum Gasteiger partial charge on any atom is -0.443 e. The van der Waals surface area contributed by atoms with Crippen LogP contribution in [0.15, 0.2) is 29.3 Å². The maximum Gasteiger partial charge on any atom is 0.422 e. The van der Waals surface area contributed by atoms with Gasteiger partial charge in [0.2, 0.25) is 5.95 Å². The van der Waals surface area contributed by atoms with Crippen molar-refractivity contribution in [3.63, 3.8) is 0 Å². The first-order valence-corrected chi connectivity index (χ1v) is 7.05. The largest absolute Gasteiger partial charge is 0.443 e. The van der Waals surface area contributed by atoms with E-state index >= 15 is 0 Å². The van der Waals surface area contributed by atoms with Gasteiger partial charge in [0.15, 0.2) is 0 Å². The van der Waals surface area contributed by atoms with Crippen molar-refractivity contribution in [3.05, 3.63) is 29.3 Å². The number of carbonyl (C=O) groups excluding carboxylic acids is 1. The van der Waals surface area contributed by atoms with Crippen LogP contribution in [0.3, 0.4) is 0 Å². The second kappa shape index (κ2) is 5.80. The summed E-state index contributed by atoms with van der Waals surface area (Å²) in [5.41, 5.74) is -0.0820. The SMILES string of the molecule is Cn1cc(N(C(=O)OC(C)(C)C)c2ncc(Br)cn2)cn1. The summed E-state index contributed by atoms with van der Waals surface area (Å²) in [4.78, 5) is 22.0. The van der Waals surface area contributed by atoms with Crippen LogP contribution in [0, 0.1) is 0 Å². The Morgan fingerprint density at radius 2 is 1.90 bits per heavy atom. The third-order valence-electron chi connectivity index (χ3n) is 2.33. The van der Waals surface area contributed by atoms with E-state index in [0.29, 0.717) is 5.69 Å². The molecule has 0 aliphatic heterocycles. The lowest BCUT2D eigenvalue weighted by molar-refractivity contribution is 0.0597. The molecule has 8 heteroatoms. The molecule has 0 bridgehead atoms. The predicted molar refractivity (Wildman–Crippen MR) is 81.3 cm³/mol. The van der Waals surface area contributed by atoms with Gasteiger partial charge in [-0.3, -0.25) is 4.68 Å². The number of ether oxygens (including phenoxy) is 1. The van der Waals surface area contributed by atoms with Gasteiger partial charge in [-0.15, -0.1) is 0 Å². The highest BCUT2D eigenvalue weighted by atomic mass is 79.9. The van der Waals surface area contributed by atoms with Gasteiger partial charge in [0.25, 0.3) is 0 Å². The van der Waals surface area contributed by atoms with Crippen LogP contribution in [-0.4, -0.2) is 31.4 Å². The number of aryl methyl sites for hydroxylation is 1. The molecule has 2 aromatic heterocycles. The second-order valence-electron chi connectivity index (χ2n) is 5.39. The summed E-state index contributed by atoms with van der Waals surface area (Å²) in [5, 5.41) is 4.06. The molecule has 21 heavy (non-hydrogen) atoms. The summed E-state index contributed by atoms with van der Waals surface area (Å²) in [6, 6.07) is 0. The van der Waals surface area contributed by atoms with Crippen LogP contribution in [0.5, 0.6) is 0 Å². The zero-order valence-corrected chi connectivity index (χ0v) is 13.8. The number of halogens is 1. The fourth-order valence-corrected chi connectivity index (χ4v) is 1.76. The third kappa shape index (κ3) is 4.01. The van der Waals surface area contributed by atoms with E-state index in [0.717, 1.165) is 4.47 Å². The molecule has 0 aliphatic carbocycles. The van der Waals surface area contributed by atoms with Crippen LogP contribution in [0.2, 0.25) is 0 Å². The van der Waals surface area contributed by atoms with Gasteiger partial charge >= 0.3 is 6.09 Å². The quantitative estimate of drug-likeness (QED) is 0.829. The van der Waals surface area contributed by atoms with Gasteiger partial charge < -0.3 is 4.74 Å². The molecule has 1 amide bonds. The van der Waals surface area contributed by atoms with Gasteiger partial charge in [0.1, 0.15) is 5.60 Å². The van der Waals surface area contributed by atoms with E-state index in [9.17, 15) is 4.79 Å². The molecule has 0 fully saturated rings. The normalized spacial score (nSPS) is 11.3. The van der Waals surface area contributed by atoms with Gasteiger partial charge in [-0.1, -0.05) is 0 Å². The Hall–Kier alpha value is -1.96. The number of aromatic nitrogens is 4. The van der Waals surface area contributed by atoms with E-state index in [1.54, 1.807) is 57.3 Å². The number of rotatable bonds is 2. The van der Waals surface area contributed by atoms with Crippen LogP contribution in [0.1, 0.15) is 20.8 Å². The van der Waals surface area contributed by atoms with E-state index in [1.165, 1.54) is 4.90 Å². The van der Waals surface area contributed by atoms with Crippen molar-refractivity contribution >= 4 is 33.7 Å². The maximum absolute atomic E-state index is 12.4. The summed E-state index contributed by atoms with van der Waals surface area (Å²) in [5.74, 6) is 0.223. The first-order chi connectivity index (χ1) is 9.76. The Kier molecular flexibility index (Phi) is 4.26. The molecule has 0 atom stereocenters. The minimum absolute atomic E-state index is 0.223. The standard InChI is InChI=1S/C13H16BrN5O2/c1-13(2,3)21-12(20)19(10-7-17-18(4)8-10)11-15-5-9(14)6-16-11/h5-8H,1-4H3. The number of nitrogens with zero attached hydrogens (tertiary/aromatic N) is 5. The minimum atomic E-state index is -0.618. The van der Waals surface area contributed by atoms with Crippen molar-refractivity contribution < 1.29 is 9.53 Å². The fourth-order valence-electron chi connectivity index (χ4n) is 1.55. The summed E-state index contributed by atoms with van der Waals surface area (Å²) < 4.78 is 7.72. The predicted octanol–water partition coefficient (Wildman–Crippen LogP) is 3.05. The zero-order valence-electron chi connectivity index (χ0n) is 12.2. The van der Waals surface area contributed by atoms with Crippen LogP contribution >= 0.6 is 15.9 Å². The molecule has 0 aliphatic rings. The molecule has 0 radical (unpaired) electrons. The van der Waals surface area contributed by atoms with Crippen molar-refractivity contribution in [1.29, 1.82) is 0 Å². The smallest absolute Gasteiger partial charge is 0.422 e. The molecule has 0 saturated carbocycles. The highest BCUT2D eigenvalue weighted by Gasteiger charge is 2.27. The van der Waals surface area contributed by atoms with Crippen LogP contribution in [0.25, 0.3) is 0 Å². The molecule has 0 aromatic carbocycles. The number of carbonyl (C=O) groups is 1. The Bertz CT molecular complexity index is 633. The molecule has 0 N–H and O–H groups in total. The lowest BCUT2D eigenvalue weighted by Gasteiger charge is -2.25. The molecule has 2 aromatic rings. The molecule has 7 nitrogen and oxygen atoms in total. The molecule has 2 rings (SSSR count). The van der Waals surface area contributed by atoms with Crippen LogP contribution < -0.4 is 4.90 Å². The Morgan fingerprint density at radius 1 is 1.29 bits per heavy atom. The fraction of sp³-hybridized carbons (Fsp3) is 0.385. The van der Waals surface area contributed by atoms with E-state index in [1.807, 2.05) is 0 Å². The number of hydrogen-bond donors (Lipinski definition) is 0. The van der Waals surface area contributed by atoms with Gasteiger partial charge in [-0.05, 0) is 36.7 Å². The lowest BCUT2D eigenvalue weighted by atomic mass is 10.2. The first-order valence-electron chi connectivity index (χ1n) is 6.25. The summed E-state index contributed by atoms with van der Waals surface area (Å²) in [6.07, 6.45) is 5.81. The van der Waals surface area contributed by atoms with E-state index in [-0.39, 0.29) is 5.95 Å². The summed E-state index contributed by atoms with van der Waals surface area (Å²) in [6.45, 7) is 5.40. The monoisotopic (exact) mass is 353 g/mol. The molecule has 0 unspecified atom stereocenters. The van der Waals surface area contributed by atoms with Crippen LogP contribution in [-0.2, 0) is 11.8 Å². The van der Waals surface area contributed by atoms with E-state index < -0.39 is 11.7 Å². The molecule has 2 heterocycles. The van der Waals surface area contributed by atoms with Crippen molar-refractivity contribution in [3.8, 4) is 0 Å². The third-order valence-corrected chi connectivity index (χ3v) is 2.74. The van der Waals surface area contributed by atoms with Gasteiger partial charge in [0, 0.05) is 25.6 Å². The molecular formula is C13H16BrN5O2. The van der Waals surface area contributed by atoms with Crippen LogP contribution in [0.4, 0.5) is 16.4 Å². The second-order valence-corrected chi connectivity index (χ2v) is 6.30. The molecule has 0 saturated heterocycles. The Morgan fingerprint density at radius 3 is 2.38 bits per heavy atom. The number of hydrogen-bond acceptors (Lipinski definition) is 5. The first kappa shape index (κ1) is 15.4. The van der Waals surface area contributed by atoms with Crippen molar-refractivity contribution in [1.82, 2.24) is 19.7 Å². The average molecular weight is 354 g/mol. The van der Waals surface area contributed by atoms with Gasteiger partial charge in [-0.2, -0.15) is 5.10 Å². The lowest BCUT2D eigenvalue weighted by Crippen LogP contribution is -2.34. The van der Waals surface area contributed by atoms with Crippen molar-refractivity contribution in [2.75, 3.05) is 4.90 Å². The topological polar surface area (TPSA) is 73.1 Å². The van der Waals surface area contributed by atoms with E-state index in [2.05, 4.69) is 31.0 Å². The van der Waals surface area contributed by atoms with E-state index in [4.69, 9.17) is 4.74 Å². The summed E-state index contributed by atoms with van der Waals surface area (Å²) in [7, 11) is 1.76. The van der Waals surface area contributed by atoms with Gasteiger partial charge in [0.05, 0.1) is 16.4 Å². The highest BCUT2D eigenvalue weighted by molar-refractivity contribution is 9.10. The molecule has 112 valence electrons. The molecular weight excluding hydrogens is 338 g/mol. The van der Waals surface area contributed by atoms with Crippen molar-refractivity contribution in [2.24, 2.45) is 7.05 Å². The van der Waals surface area contributed by atoms with Crippen molar-refractivity contribution in [2.45, 2.75) is 26.4 Å².